The maximum absolute atomic E-state index is 10.0. The number of ether oxygens (including phenoxy) is 2. The lowest BCUT2D eigenvalue weighted by Gasteiger charge is -2.23. The molecule has 3 rings (SSSR count). The molecule has 39 heavy (non-hydrogen) atoms. The summed E-state index contributed by atoms with van der Waals surface area (Å²) in [4.78, 5) is 0. The molecule has 1 aliphatic rings. The van der Waals surface area contributed by atoms with Gasteiger partial charge in [-0.15, -0.1) is 0 Å². The quantitative estimate of drug-likeness (QED) is 0.259. The van der Waals surface area contributed by atoms with Gasteiger partial charge in [0.15, 0.2) is 0 Å². The van der Waals surface area contributed by atoms with Crippen LogP contribution in [-0.2, 0) is 0 Å². The van der Waals surface area contributed by atoms with Gasteiger partial charge in [0.25, 0.3) is 0 Å². The fraction of sp³-hybridized carbons (Fsp3) is 0.625. The molecule has 0 heterocycles. The van der Waals surface area contributed by atoms with E-state index in [0.717, 1.165) is 11.3 Å². The minimum atomic E-state index is -0.555. The third-order valence-corrected chi connectivity index (χ3v) is 6.71. The Morgan fingerprint density at radius 3 is 1.87 bits per heavy atom. The van der Waals surface area contributed by atoms with Crippen molar-refractivity contribution < 1.29 is 19.7 Å². The topological polar surface area (TPSA) is 83.0 Å². The molecule has 1 saturated carbocycles. The minimum absolute atomic E-state index is 0.0119. The Morgan fingerprint density at radius 1 is 0.821 bits per heavy atom. The third-order valence-electron chi connectivity index (χ3n) is 6.40. The summed E-state index contributed by atoms with van der Waals surface area (Å²) in [5.41, 5.74) is 2.40. The van der Waals surface area contributed by atoms with Crippen molar-refractivity contribution in [2.75, 3.05) is 26.3 Å². The van der Waals surface area contributed by atoms with Crippen LogP contribution in [0.5, 0.6) is 11.5 Å². The number of hydrogen-bond donors (Lipinski definition) is 4. The predicted octanol–water partition coefficient (Wildman–Crippen LogP) is 6.25. The average Bonchev–Trinajstić information content (AvgIpc) is 3.40. The number of para-hydroxylation sites is 1. The fourth-order valence-electron chi connectivity index (χ4n) is 4.25. The monoisotopic (exact) mass is 562 g/mol. The molecular weight excluding hydrogens is 512 g/mol. The molecule has 1 fully saturated rings. The van der Waals surface area contributed by atoms with E-state index in [1.165, 1.54) is 31.2 Å². The molecule has 0 aromatic heterocycles. The lowest BCUT2D eigenvalue weighted by atomic mass is 9.97. The first kappa shape index (κ1) is 33.4. The summed E-state index contributed by atoms with van der Waals surface area (Å²) in [5.74, 6) is 2.19. The highest BCUT2D eigenvalue weighted by atomic mass is 35.5. The van der Waals surface area contributed by atoms with Crippen LogP contribution in [0.4, 0.5) is 0 Å². The van der Waals surface area contributed by atoms with Gasteiger partial charge < -0.3 is 30.3 Å². The largest absolute Gasteiger partial charge is 0.491 e. The molecule has 0 spiro atoms. The van der Waals surface area contributed by atoms with Gasteiger partial charge in [-0.05, 0) is 96.6 Å². The molecule has 0 saturated heterocycles. The van der Waals surface area contributed by atoms with Crippen LogP contribution in [0.25, 0.3) is 0 Å². The Bertz CT molecular complexity index is 981. The van der Waals surface area contributed by atoms with Crippen molar-refractivity contribution in [3.05, 3.63) is 58.6 Å². The normalized spacial score (nSPS) is 15.8. The van der Waals surface area contributed by atoms with Crippen molar-refractivity contribution in [3.63, 3.8) is 0 Å². The maximum Gasteiger partial charge on any atom is 0.138 e. The van der Waals surface area contributed by atoms with Gasteiger partial charge in [-0.2, -0.15) is 0 Å². The van der Waals surface area contributed by atoms with E-state index in [4.69, 9.17) is 21.1 Å². The molecule has 4 N–H and O–H groups in total. The lowest BCUT2D eigenvalue weighted by molar-refractivity contribution is 0.0993. The predicted molar refractivity (Wildman–Crippen MR) is 162 cm³/mol. The second-order valence-electron chi connectivity index (χ2n) is 12.6. The zero-order valence-electron chi connectivity index (χ0n) is 25.0. The van der Waals surface area contributed by atoms with Crippen LogP contribution < -0.4 is 20.1 Å². The first-order valence-corrected chi connectivity index (χ1v) is 14.6. The smallest absolute Gasteiger partial charge is 0.138 e. The second kappa shape index (κ2) is 15.8. The van der Waals surface area contributed by atoms with Crippen molar-refractivity contribution in [1.29, 1.82) is 0 Å². The Balaban J connectivity index is 0.000000277. The van der Waals surface area contributed by atoms with Crippen LogP contribution in [0.3, 0.4) is 0 Å². The van der Waals surface area contributed by atoms with E-state index in [0.29, 0.717) is 36.4 Å². The number of halogens is 1. The summed E-state index contributed by atoms with van der Waals surface area (Å²) in [6, 6.07) is 13.9. The Morgan fingerprint density at radius 2 is 1.33 bits per heavy atom. The van der Waals surface area contributed by atoms with Crippen molar-refractivity contribution in [1.82, 2.24) is 10.6 Å². The molecule has 0 amide bonds. The third kappa shape index (κ3) is 13.9. The molecule has 2 aromatic rings. The van der Waals surface area contributed by atoms with Crippen LogP contribution in [0.1, 0.15) is 84.3 Å². The highest BCUT2D eigenvalue weighted by Crippen LogP contribution is 2.38. The van der Waals surface area contributed by atoms with Crippen molar-refractivity contribution in [2.45, 2.75) is 103 Å². The molecule has 0 bridgehead atoms. The second-order valence-corrected chi connectivity index (χ2v) is 13.1. The maximum atomic E-state index is 10.0. The summed E-state index contributed by atoms with van der Waals surface area (Å²) in [5, 5.41) is 26.9. The van der Waals surface area contributed by atoms with Gasteiger partial charge in [0.2, 0.25) is 0 Å². The zero-order chi connectivity index (χ0) is 29.1. The van der Waals surface area contributed by atoms with Crippen molar-refractivity contribution in [2.24, 2.45) is 0 Å². The summed E-state index contributed by atoms with van der Waals surface area (Å²) in [7, 11) is 0. The van der Waals surface area contributed by atoms with E-state index in [2.05, 4.69) is 64.3 Å². The fourth-order valence-corrected chi connectivity index (χ4v) is 4.42. The molecule has 0 radical (unpaired) electrons. The molecule has 1 unspecified atom stereocenters. The Hall–Kier alpha value is -1.83. The van der Waals surface area contributed by atoms with Crippen LogP contribution in [0, 0.1) is 6.92 Å². The Kier molecular flexibility index (Phi) is 13.5. The van der Waals surface area contributed by atoms with Gasteiger partial charge in [-0.25, -0.2) is 0 Å². The first-order chi connectivity index (χ1) is 18.2. The minimum Gasteiger partial charge on any atom is -0.491 e. The zero-order valence-corrected chi connectivity index (χ0v) is 25.8. The van der Waals surface area contributed by atoms with Crippen LogP contribution in [0.2, 0.25) is 5.02 Å². The highest BCUT2D eigenvalue weighted by molar-refractivity contribution is 6.32. The van der Waals surface area contributed by atoms with E-state index in [1.807, 2.05) is 31.2 Å². The molecule has 1 aliphatic carbocycles. The molecule has 220 valence electrons. The van der Waals surface area contributed by atoms with Crippen molar-refractivity contribution in [3.8, 4) is 11.5 Å². The van der Waals surface area contributed by atoms with E-state index in [-0.39, 0.29) is 17.7 Å². The molecule has 6 nitrogen and oxygen atoms in total. The number of benzene rings is 2. The first-order valence-electron chi connectivity index (χ1n) is 14.2. The van der Waals surface area contributed by atoms with Gasteiger partial charge in [0, 0.05) is 24.2 Å². The van der Waals surface area contributed by atoms with Crippen LogP contribution >= 0.6 is 11.6 Å². The lowest BCUT2D eigenvalue weighted by Crippen LogP contribution is -2.42. The molecule has 7 heteroatoms. The van der Waals surface area contributed by atoms with Crippen molar-refractivity contribution >= 4 is 11.6 Å². The van der Waals surface area contributed by atoms with Crippen LogP contribution in [-0.4, -0.2) is 59.8 Å². The molecule has 0 aliphatic heterocycles. The number of aryl methyl sites for hydroxylation is 1. The average molecular weight is 563 g/mol. The summed E-state index contributed by atoms with van der Waals surface area (Å²) in [6.45, 7) is 16.0. The highest BCUT2D eigenvalue weighted by Gasteiger charge is 2.21. The van der Waals surface area contributed by atoms with Gasteiger partial charge in [-0.3, -0.25) is 0 Å². The number of β-amino-alcohol motifs (C(OH)–C–C–N with tert-alkyl or cyclic N) is 2. The van der Waals surface area contributed by atoms with E-state index >= 15 is 0 Å². The number of nitrogens with one attached hydrogen (secondary N) is 2. The van der Waals surface area contributed by atoms with Crippen LogP contribution in [0.15, 0.2) is 42.5 Å². The van der Waals surface area contributed by atoms with E-state index in [1.54, 1.807) is 6.07 Å². The van der Waals surface area contributed by atoms with Gasteiger partial charge >= 0.3 is 0 Å². The number of aliphatic hydroxyl groups excluding tert-OH is 2. The van der Waals surface area contributed by atoms with Gasteiger partial charge in [0.1, 0.15) is 36.9 Å². The Labute approximate surface area is 241 Å². The van der Waals surface area contributed by atoms with E-state index in [9.17, 15) is 10.2 Å². The number of hydrogen-bond acceptors (Lipinski definition) is 6. The SMILES string of the molecule is CC(C)(C)NC[C@H](O)COc1ccccc1C1CCCC1.Cc1ccc(Cl)c(OCC(O)CNC(C)(C)C)c1. The molecule has 2 aromatic carbocycles. The number of aliphatic hydroxyl groups is 2. The summed E-state index contributed by atoms with van der Waals surface area (Å²) in [6.07, 6.45) is 4.11. The van der Waals surface area contributed by atoms with E-state index < -0.39 is 12.2 Å². The number of rotatable bonds is 11. The van der Waals surface area contributed by atoms with Gasteiger partial charge in [0.05, 0.1) is 5.02 Å². The summed E-state index contributed by atoms with van der Waals surface area (Å²) >= 11 is 6.01. The molecular formula is C32H51ClN2O4. The summed E-state index contributed by atoms with van der Waals surface area (Å²) < 4.78 is 11.4. The van der Waals surface area contributed by atoms with Gasteiger partial charge in [-0.1, -0.05) is 48.7 Å². The molecule has 2 atom stereocenters. The standard InChI is InChI=1S/C18H29NO2.C14H22ClNO2/c1-18(2,3)19-12-15(20)13-21-17-11-7-6-10-16(17)14-8-4-5-9-14;1-10-5-6-12(15)13(7-10)18-9-11(17)8-16-14(2,3)4/h6-7,10-11,14-15,19-20H,4-5,8-9,12-13H2,1-3H3;5-7,11,16-17H,8-9H2,1-4H3/t15-;/m0./s1.